The number of aliphatic hydroxyl groups is 1. The maximum absolute atomic E-state index is 12.9. The van der Waals surface area contributed by atoms with E-state index in [1.807, 2.05) is 6.07 Å². The monoisotopic (exact) mass is 416 g/mol. The van der Waals surface area contributed by atoms with Gasteiger partial charge in [-0.1, -0.05) is 12.1 Å². The highest BCUT2D eigenvalue weighted by molar-refractivity contribution is 7.89. The summed E-state index contributed by atoms with van der Waals surface area (Å²) in [5.41, 5.74) is 0.147. The molecule has 3 N–H and O–H groups in total. The number of hydrogen-bond acceptors (Lipinski definition) is 6. The lowest BCUT2D eigenvalue weighted by molar-refractivity contribution is 0.101. The Hall–Kier alpha value is -3.13. The van der Waals surface area contributed by atoms with Crippen LogP contribution < -0.4 is 14.8 Å². The Bertz CT molecular complexity index is 1150. The van der Waals surface area contributed by atoms with Gasteiger partial charge in [0, 0.05) is 18.9 Å². The van der Waals surface area contributed by atoms with E-state index < -0.39 is 28.1 Å². The number of fused-ring (bicyclic) bond motifs is 1. The van der Waals surface area contributed by atoms with Crippen molar-refractivity contribution in [3.8, 4) is 11.8 Å². The van der Waals surface area contributed by atoms with Crippen LogP contribution in [0.25, 0.3) is 0 Å². The first-order valence-corrected chi connectivity index (χ1v) is 10.1. The van der Waals surface area contributed by atoms with Crippen LogP contribution in [0.1, 0.15) is 21.6 Å². The number of benzene rings is 1. The van der Waals surface area contributed by atoms with Crippen LogP contribution in [0.4, 0.5) is 5.69 Å². The van der Waals surface area contributed by atoms with E-state index >= 15 is 0 Å². The van der Waals surface area contributed by atoms with Gasteiger partial charge in [-0.2, -0.15) is 9.98 Å². The van der Waals surface area contributed by atoms with Gasteiger partial charge in [-0.25, -0.2) is 8.42 Å². The molecule has 1 aromatic carbocycles. The lowest BCUT2D eigenvalue weighted by atomic mass is 10.0. The fourth-order valence-corrected chi connectivity index (χ4v) is 4.53. The highest BCUT2D eigenvalue weighted by Gasteiger charge is 2.40. The van der Waals surface area contributed by atoms with E-state index in [9.17, 15) is 18.3 Å². The van der Waals surface area contributed by atoms with E-state index in [-0.39, 0.29) is 22.9 Å². The zero-order valence-electron chi connectivity index (χ0n) is 15.9. The highest BCUT2D eigenvalue weighted by Crippen LogP contribution is 2.34. The quantitative estimate of drug-likeness (QED) is 0.638. The van der Waals surface area contributed by atoms with Crippen LogP contribution in [0.15, 0.2) is 41.9 Å². The second-order valence-corrected chi connectivity index (χ2v) is 8.44. The maximum atomic E-state index is 12.9. The molecule has 152 valence electrons. The third kappa shape index (κ3) is 3.63. The fourth-order valence-electron chi connectivity index (χ4n) is 2.98. The lowest BCUT2D eigenvalue weighted by Gasteiger charge is -2.26. The molecule has 0 spiro atoms. The third-order valence-electron chi connectivity index (χ3n) is 4.71. The van der Waals surface area contributed by atoms with Gasteiger partial charge in [0.05, 0.1) is 18.2 Å². The second kappa shape index (κ2) is 7.36. The highest BCUT2D eigenvalue weighted by atomic mass is 32.2. The molecule has 10 heteroatoms. The molecule has 1 aliphatic heterocycles. The van der Waals surface area contributed by atoms with Crippen LogP contribution in [0, 0.1) is 18.3 Å². The van der Waals surface area contributed by atoms with E-state index in [2.05, 4.69) is 16.6 Å². The molecule has 0 unspecified atom stereocenters. The molecular weight excluding hydrogens is 396 g/mol. The molecule has 0 fully saturated rings. The number of amides is 1. The van der Waals surface area contributed by atoms with E-state index in [0.29, 0.717) is 11.3 Å². The molecular formula is C19H20N4O5S. The van der Waals surface area contributed by atoms with E-state index in [0.717, 1.165) is 5.56 Å². The number of ether oxygens (including phenoxy) is 1. The molecule has 29 heavy (non-hydrogen) atoms. The standard InChI is InChI=1S/C19H20N4O5S/c1-4-19(10-24)11-28-17-15(29(26,27)22-19)9-23(3)16(17)18(25)21-14-6-5-12(2)13(7-14)8-20/h4-7,9,22,24H,1,10-11H2,2-3H3,(H,21,25)/t19-/m1/s1. The molecule has 1 aliphatic rings. The Morgan fingerprint density at radius 3 is 2.90 bits per heavy atom. The molecule has 1 amide bonds. The summed E-state index contributed by atoms with van der Waals surface area (Å²) >= 11 is 0. The van der Waals surface area contributed by atoms with Crippen molar-refractivity contribution >= 4 is 21.6 Å². The second-order valence-electron chi connectivity index (χ2n) is 6.79. The van der Waals surface area contributed by atoms with E-state index in [4.69, 9.17) is 10.00 Å². The molecule has 0 bridgehead atoms. The van der Waals surface area contributed by atoms with Crippen molar-refractivity contribution in [3.05, 3.63) is 53.9 Å². The van der Waals surface area contributed by atoms with E-state index in [1.165, 1.54) is 30.0 Å². The summed E-state index contributed by atoms with van der Waals surface area (Å²) in [6.07, 6.45) is 2.52. The summed E-state index contributed by atoms with van der Waals surface area (Å²) in [4.78, 5) is 12.7. The number of nitrogens with zero attached hydrogens (tertiary/aromatic N) is 2. The van der Waals surface area contributed by atoms with Crippen LogP contribution in [0.5, 0.6) is 5.75 Å². The van der Waals surface area contributed by atoms with Gasteiger partial charge in [-0.3, -0.25) is 4.79 Å². The average Bonchev–Trinajstić information content (AvgIpc) is 2.98. The number of aromatic nitrogens is 1. The van der Waals surface area contributed by atoms with Crippen molar-refractivity contribution in [2.24, 2.45) is 7.05 Å². The van der Waals surface area contributed by atoms with Gasteiger partial charge in [0.2, 0.25) is 10.0 Å². The molecule has 2 heterocycles. The Kier molecular flexibility index (Phi) is 5.23. The Morgan fingerprint density at radius 1 is 1.55 bits per heavy atom. The van der Waals surface area contributed by atoms with Crippen molar-refractivity contribution in [3.63, 3.8) is 0 Å². The fraction of sp³-hybridized carbons (Fsp3) is 0.263. The molecule has 9 nitrogen and oxygen atoms in total. The zero-order chi connectivity index (χ0) is 21.4. The first kappa shape index (κ1) is 20.6. The number of carbonyl (C=O) groups is 1. The minimum Gasteiger partial charge on any atom is -0.487 e. The lowest BCUT2D eigenvalue weighted by Crippen LogP contribution is -2.52. The Labute approximate surface area is 168 Å². The smallest absolute Gasteiger partial charge is 0.276 e. The van der Waals surface area contributed by atoms with Crippen molar-refractivity contribution in [2.75, 3.05) is 18.5 Å². The van der Waals surface area contributed by atoms with Gasteiger partial charge in [0.15, 0.2) is 11.4 Å². The third-order valence-corrected chi connectivity index (χ3v) is 6.25. The van der Waals surface area contributed by atoms with Crippen molar-refractivity contribution < 1.29 is 23.1 Å². The predicted molar refractivity (Wildman–Crippen MR) is 105 cm³/mol. The number of sulfonamides is 1. The van der Waals surface area contributed by atoms with Gasteiger partial charge in [-0.05, 0) is 24.6 Å². The maximum Gasteiger partial charge on any atom is 0.276 e. The largest absolute Gasteiger partial charge is 0.487 e. The van der Waals surface area contributed by atoms with Gasteiger partial charge < -0.3 is 19.7 Å². The van der Waals surface area contributed by atoms with Crippen LogP contribution in [-0.4, -0.2) is 42.8 Å². The molecule has 1 aromatic heterocycles. The molecule has 0 aliphatic carbocycles. The molecule has 0 saturated carbocycles. The van der Waals surface area contributed by atoms with Gasteiger partial charge in [-0.15, -0.1) is 6.58 Å². The molecule has 0 radical (unpaired) electrons. The molecule has 3 rings (SSSR count). The van der Waals surface area contributed by atoms with Crippen LogP contribution in [0.2, 0.25) is 0 Å². The first-order valence-electron chi connectivity index (χ1n) is 8.59. The number of rotatable bonds is 4. The predicted octanol–water partition coefficient (Wildman–Crippen LogP) is 1.05. The number of aliphatic hydroxyl groups excluding tert-OH is 1. The normalized spacial score (nSPS) is 19.9. The topological polar surface area (TPSA) is 133 Å². The number of nitrogens with one attached hydrogen (secondary N) is 2. The Morgan fingerprint density at radius 2 is 2.28 bits per heavy atom. The summed E-state index contributed by atoms with van der Waals surface area (Å²) in [7, 11) is -2.57. The van der Waals surface area contributed by atoms with Crippen molar-refractivity contribution in [2.45, 2.75) is 17.4 Å². The van der Waals surface area contributed by atoms with Crippen molar-refractivity contribution in [1.29, 1.82) is 5.26 Å². The van der Waals surface area contributed by atoms with Gasteiger partial charge >= 0.3 is 0 Å². The summed E-state index contributed by atoms with van der Waals surface area (Å²) in [6, 6.07) is 6.92. The summed E-state index contributed by atoms with van der Waals surface area (Å²) in [6.45, 7) is 4.53. The summed E-state index contributed by atoms with van der Waals surface area (Å²) in [5.74, 6) is -0.728. The molecule has 1 atom stereocenters. The molecule has 0 saturated heterocycles. The summed E-state index contributed by atoms with van der Waals surface area (Å²) in [5, 5.41) is 21.4. The minimum absolute atomic E-state index is 0.0118. The number of nitriles is 1. The van der Waals surface area contributed by atoms with Gasteiger partial charge in [0.25, 0.3) is 5.91 Å². The zero-order valence-corrected chi connectivity index (χ0v) is 16.7. The summed E-state index contributed by atoms with van der Waals surface area (Å²) < 4.78 is 34.9. The van der Waals surface area contributed by atoms with Crippen molar-refractivity contribution in [1.82, 2.24) is 9.29 Å². The average molecular weight is 416 g/mol. The number of anilines is 1. The Balaban J connectivity index is 2.02. The van der Waals surface area contributed by atoms with Crippen LogP contribution >= 0.6 is 0 Å². The van der Waals surface area contributed by atoms with E-state index in [1.54, 1.807) is 19.1 Å². The minimum atomic E-state index is -4.08. The molecule has 2 aromatic rings. The number of aryl methyl sites for hydroxylation is 2. The van der Waals surface area contributed by atoms with Crippen LogP contribution in [-0.2, 0) is 17.1 Å². The van der Waals surface area contributed by atoms with Crippen LogP contribution in [0.3, 0.4) is 0 Å². The first-order chi connectivity index (χ1) is 13.7. The number of carbonyl (C=O) groups excluding carboxylic acids is 1. The van der Waals surface area contributed by atoms with Gasteiger partial charge in [0.1, 0.15) is 17.0 Å². The number of hydrogen-bond donors (Lipinski definition) is 3. The SMILES string of the molecule is C=C[C@@]1(CO)COc2c(cn(C)c2C(=O)Nc2ccc(C)c(C#N)c2)S(=O)(=O)N1.